The molecule has 6 rings (SSSR count). The van der Waals surface area contributed by atoms with Gasteiger partial charge in [-0.05, 0) is 163 Å². The second-order valence-corrected chi connectivity index (χ2v) is 26.1. The third kappa shape index (κ3) is 36.6. The van der Waals surface area contributed by atoms with E-state index in [1.165, 1.54) is 24.0 Å². The predicted molar refractivity (Wildman–Crippen MR) is 348 cm³/mol. The lowest BCUT2D eigenvalue weighted by molar-refractivity contribution is -0.471. The van der Waals surface area contributed by atoms with Crippen LogP contribution in [0.15, 0.2) is 93.9 Å². The molecule has 0 aromatic heterocycles. The summed E-state index contributed by atoms with van der Waals surface area (Å²) in [6, 6.07) is 26.2. The first-order valence-corrected chi connectivity index (χ1v) is 30.3. The Balaban J connectivity index is -0.000000423. The van der Waals surface area contributed by atoms with E-state index < -0.39 is 147 Å². The highest BCUT2D eigenvalue weighted by Gasteiger charge is 2.76. The van der Waals surface area contributed by atoms with E-state index in [0.29, 0.717) is 16.6 Å². The number of hydrogen-bond donors (Lipinski definition) is 0. The Kier molecular flexibility index (Phi) is 43.4. The summed E-state index contributed by atoms with van der Waals surface area (Å²) >= 11 is 6.65. The van der Waals surface area contributed by atoms with Crippen molar-refractivity contribution < 1.29 is 198 Å². The van der Waals surface area contributed by atoms with Crippen molar-refractivity contribution in [3.63, 3.8) is 0 Å². The van der Waals surface area contributed by atoms with E-state index in [1.54, 1.807) is 40.2 Å². The lowest BCUT2D eigenvalue weighted by Crippen LogP contribution is -2.52. The van der Waals surface area contributed by atoms with E-state index in [4.69, 9.17) is 18.6 Å². The number of carbonyl (C=O) groups is 2. The van der Waals surface area contributed by atoms with E-state index >= 15 is 0 Å². The van der Waals surface area contributed by atoms with Crippen LogP contribution in [0.2, 0.25) is 0 Å². The monoisotopic (exact) mass is 1830 g/mol. The fourth-order valence-electron chi connectivity index (χ4n) is 7.20. The summed E-state index contributed by atoms with van der Waals surface area (Å²) in [7, 11) is 1.12. The first-order valence-electron chi connectivity index (χ1n) is 28.7. The molecular weight excluding hydrogens is 1760 g/mol. The summed E-state index contributed by atoms with van der Waals surface area (Å²) < 4.78 is 414. The number of halogens is 36. The summed E-state index contributed by atoms with van der Waals surface area (Å²) in [4.78, 5) is 32.1. The van der Waals surface area contributed by atoms with Crippen molar-refractivity contribution >= 4 is 80.2 Å². The molecule has 2 aliphatic rings. The summed E-state index contributed by atoms with van der Waals surface area (Å²) in [5.41, 5.74) is 3.20. The molecule has 0 unspecified atom stereocenters. The standard InChI is InChI=1S/C22H32B2F3NO5.C18H18F3NO.C6H4Br2.2C3F8O.2C3H2F6O.4CH4/c1-18(2)19(3,4)31-23(30-18)14-10-15(24-32-20(5,6)21(7,8)33-24)12-16(11-14)28(9)17(29)13-22(25,26)27;1-12-4-6-14(7-5-12)15-8-13(2)9-16(10-15)22(3)17(23)11-18(19,20)21;7-5-1-2-6(8)4-3-5;2*4-1(5,2(6,7)8)3(9,10)12-11;2*4-2(5,6)1-3(7,8)10-9;;;;/h10-12H,13H2,1-9H3;4-10H,11H2,1-3H3;1-4H;;;2*1H2;4*1H4. The Morgan fingerprint density at radius 3 is 0.857 bits per heavy atom. The number of aryl methyl sites for hydroxylation is 2. The van der Waals surface area contributed by atoms with Crippen LogP contribution in [-0.2, 0) is 48.0 Å². The van der Waals surface area contributed by atoms with Crippen molar-refractivity contribution in [3.8, 4) is 11.1 Å². The molecule has 50 heteroatoms. The molecule has 0 aliphatic carbocycles. The highest BCUT2D eigenvalue weighted by atomic mass is 79.9. The van der Waals surface area contributed by atoms with Crippen molar-refractivity contribution in [1.29, 1.82) is 0 Å². The van der Waals surface area contributed by atoms with Gasteiger partial charge in [0.05, 0.1) is 22.4 Å². The van der Waals surface area contributed by atoms with Crippen molar-refractivity contribution in [2.24, 2.45) is 0 Å². The largest absolute Gasteiger partial charge is 0.494 e. The van der Waals surface area contributed by atoms with Crippen LogP contribution in [0.3, 0.4) is 0 Å². The molecule has 4 aromatic carbocycles. The van der Waals surface area contributed by atoms with E-state index in [1.807, 2.05) is 124 Å². The molecule has 2 saturated heterocycles. The summed E-state index contributed by atoms with van der Waals surface area (Å²) in [5.74, 6) is -15.1. The summed E-state index contributed by atoms with van der Waals surface area (Å²) in [5, 5.41) is 0. The van der Waals surface area contributed by atoms with Crippen LogP contribution in [-0.4, -0.2) is 136 Å². The first kappa shape index (κ1) is 115. The Morgan fingerprint density at radius 1 is 0.375 bits per heavy atom. The highest BCUT2D eigenvalue weighted by Crippen LogP contribution is 2.49. The minimum Gasteiger partial charge on any atom is -0.399 e. The van der Waals surface area contributed by atoms with Crippen molar-refractivity contribution in [2.75, 3.05) is 23.9 Å². The van der Waals surface area contributed by atoms with Gasteiger partial charge in [0.25, 0.3) is 0 Å². The van der Waals surface area contributed by atoms with Gasteiger partial charge in [-0.25, -0.2) is 0 Å². The minimum atomic E-state index is -6.57. The Bertz CT molecular complexity index is 3320. The van der Waals surface area contributed by atoms with Crippen LogP contribution >= 0.6 is 31.9 Å². The molecule has 0 saturated carbocycles. The number of benzene rings is 4. The number of amides is 2. The first-order chi connectivity index (χ1) is 47.8. The maximum atomic E-state index is 12.8. The van der Waals surface area contributed by atoms with Gasteiger partial charge < -0.3 is 28.4 Å². The van der Waals surface area contributed by atoms with Crippen LogP contribution < -0.4 is 20.7 Å². The average Bonchev–Trinajstić information content (AvgIpc) is 1.70. The predicted octanol–water partition coefficient (Wildman–Crippen LogP) is 24.1. The normalized spacial score (nSPS) is 15.5. The smallest absolute Gasteiger partial charge is 0.399 e. The number of anilines is 2. The van der Waals surface area contributed by atoms with Crippen LogP contribution in [0.1, 0.15) is 122 Å². The maximum absolute atomic E-state index is 12.8. The molecule has 2 aliphatic heterocycles. The second-order valence-electron chi connectivity index (χ2n) is 24.2. The Morgan fingerprint density at radius 2 is 0.643 bits per heavy atom. The zero-order valence-corrected chi connectivity index (χ0v) is 59.8. The number of alkyl halides is 30. The lowest BCUT2D eigenvalue weighted by Gasteiger charge is -2.32. The van der Waals surface area contributed by atoms with Crippen molar-refractivity contribution in [3.05, 3.63) is 105 Å². The molecule has 0 spiro atoms. The molecule has 4 aromatic rings. The molecule has 2 amide bonds. The average molecular weight is 1830 g/mol. The fourth-order valence-corrected chi connectivity index (χ4v) is 7.73. The van der Waals surface area contributed by atoms with Gasteiger partial charge in [0.2, 0.25) is 11.8 Å². The van der Waals surface area contributed by atoms with Crippen LogP contribution in [0.4, 0.5) is 161 Å². The number of rotatable bonds is 15. The molecule has 112 heavy (non-hydrogen) atoms. The molecule has 2 fully saturated rings. The molecule has 0 bridgehead atoms. The van der Waals surface area contributed by atoms with Crippen LogP contribution in [0.25, 0.3) is 11.1 Å². The zero-order valence-electron chi connectivity index (χ0n) is 56.6. The number of hydrogen-bond acceptors (Lipinski definition) is 10. The molecule has 650 valence electrons. The van der Waals surface area contributed by atoms with Gasteiger partial charge in [-0.15, -0.1) is 19.8 Å². The van der Waals surface area contributed by atoms with E-state index in [2.05, 4.69) is 31.9 Å². The van der Waals surface area contributed by atoms with Gasteiger partial charge >= 0.3 is 87.6 Å². The Hall–Kier alpha value is -5.79. The molecular formula is C62H74B2Br2F34N2O10. The van der Waals surface area contributed by atoms with Gasteiger partial charge in [0.15, 0.2) is 0 Å². The second kappa shape index (κ2) is 42.4. The van der Waals surface area contributed by atoms with E-state index in [-0.39, 0.29) is 35.4 Å². The zero-order chi connectivity index (χ0) is 85.6. The van der Waals surface area contributed by atoms with Crippen LogP contribution in [0.5, 0.6) is 0 Å². The third-order valence-electron chi connectivity index (χ3n) is 14.2. The van der Waals surface area contributed by atoms with Crippen LogP contribution in [0, 0.1) is 13.8 Å². The molecule has 12 nitrogen and oxygen atoms in total. The fraction of sp³-hybridized carbons (Fsp3) is 0.581. The molecule has 2 heterocycles. The summed E-state index contributed by atoms with van der Waals surface area (Å²) in [6.45, 7) is 19.1. The van der Waals surface area contributed by atoms with Gasteiger partial charge in [0.1, 0.15) is 25.7 Å². The van der Waals surface area contributed by atoms with Crippen molar-refractivity contribution in [1.82, 2.24) is 0 Å². The van der Waals surface area contributed by atoms with Crippen molar-refractivity contribution in [2.45, 2.75) is 220 Å². The molecule has 0 N–H and O–H groups in total. The minimum absolute atomic E-state index is 0. The Labute approximate surface area is 636 Å². The number of nitrogens with zero attached hydrogens (tertiary/aromatic N) is 2. The topological polar surface area (TPSA) is 114 Å². The maximum Gasteiger partial charge on any atom is 0.494 e. The van der Waals surface area contributed by atoms with E-state index in [9.17, 15) is 159 Å². The lowest BCUT2D eigenvalue weighted by atomic mass is 9.71. The SMILES string of the molecule is Brc1ccc(Br)cc1.C.C.C.C.CN(C(=O)CC(F)(F)F)c1cc(B2OC(C)(C)C(C)(C)O2)cc(B2OC(C)(C)C(C)(C)O2)c1.Cc1ccc(-c2cc(C)cc(N(C)C(=O)CC(F)(F)F)c2)cc1.FOC(F)(F)C(F)(F)C(F)(F)F.FOC(F)(F)C(F)(F)C(F)(F)F.FOC(F)(F)CC(F)(F)F.FOC(F)(F)CC(F)(F)F. The van der Waals surface area contributed by atoms with Gasteiger partial charge in [-0.3, -0.25) is 9.59 Å². The summed E-state index contributed by atoms with van der Waals surface area (Å²) in [6.07, 6.45) is -62.7. The highest BCUT2D eigenvalue weighted by molar-refractivity contribution is 9.11. The van der Waals surface area contributed by atoms with Gasteiger partial charge in [-0.2, -0.15) is 132 Å². The molecule has 0 atom stereocenters. The van der Waals surface area contributed by atoms with E-state index in [0.717, 1.165) is 41.0 Å². The third-order valence-corrected chi connectivity index (χ3v) is 15.2. The van der Waals surface area contributed by atoms with Gasteiger partial charge in [0, 0.05) is 34.4 Å². The van der Waals surface area contributed by atoms with Gasteiger partial charge in [-0.1, -0.05) is 104 Å². The molecule has 0 radical (unpaired) electrons. The quantitative estimate of drug-likeness (QED) is 0.0842. The number of carbonyl (C=O) groups excluding carboxylic acids is 2.